The Morgan fingerprint density at radius 2 is 1.91 bits per heavy atom. The number of aromatic nitrogens is 1. The Balaban J connectivity index is 1.59. The third kappa shape index (κ3) is 4.47. The molecular formula is C25H33N5O3. The van der Waals surface area contributed by atoms with Crippen molar-refractivity contribution in [3.63, 3.8) is 0 Å². The second-order valence-electron chi connectivity index (χ2n) is 9.11. The van der Waals surface area contributed by atoms with E-state index in [1.54, 1.807) is 31.2 Å². The van der Waals surface area contributed by atoms with Gasteiger partial charge in [-0.15, -0.1) is 0 Å². The van der Waals surface area contributed by atoms with Crippen molar-refractivity contribution in [3.8, 4) is 5.75 Å². The molecule has 0 spiro atoms. The second kappa shape index (κ2) is 9.29. The summed E-state index contributed by atoms with van der Waals surface area (Å²) in [7, 11) is 3.37. The number of hydrogen-bond acceptors (Lipinski definition) is 6. The van der Waals surface area contributed by atoms with E-state index in [0.29, 0.717) is 22.8 Å². The van der Waals surface area contributed by atoms with E-state index < -0.39 is 0 Å². The van der Waals surface area contributed by atoms with Gasteiger partial charge in [-0.05, 0) is 63.9 Å². The van der Waals surface area contributed by atoms with E-state index in [2.05, 4.69) is 24.5 Å². The maximum Gasteiger partial charge on any atom is 0.251 e. The smallest absolute Gasteiger partial charge is 0.251 e. The van der Waals surface area contributed by atoms with Gasteiger partial charge < -0.3 is 25.2 Å². The number of anilines is 4. The molecule has 2 amide bonds. The van der Waals surface area contributed by atoms with Crippen LogP contribution in [-0.2, 0) is 4.79 Å². The molecule has 176 valence electrons. The van der Waals surface area contributed by atoms with Crippen molar-refractivity contribution in [3.05, 3.63) is 35.9 Å². The lowest BCUT2D eigenvalue weighted by molar-refractivity contribution is -0.119. The number of amides is 2. The number of nitrogens with one attached hydrogen (secondary N) is 2. The van der Waals surface area contributed by atoms with Crippen LogP contribution in [0.3, 0.4) is 0 Å². The van der Waals surface area contributed by atoms with Gasteiger partial charge in [0, 0.05) is 24.7 Å². The largest absolute Gasteiger partial charge is 0.495 e. The molecule has 1 aliphatic carbocycles. The van der Waals surface area contributed by atoms with Gasteiger partial charge in [-0.1, -0.05) is 12.8 Å². The standard InChI is InChI=1S/C25H33N5O3/c1-15(2)30-16(3)25(32)29(4)20-12-13-22(28-23(20)30)27-19-11-10-17(14-21(19)33-5)24(31)26-18-8-6-7-9-18/h10-16,18H,6-9H2,1-5H3,(H,26,31)(H,27,28)/t16-/m1/s1. The molecule has 0 unspecified atom stereocenters. The molecule has 2 heterocycles. The summed E-state index contributed by atoms with van der Waals surface area (Å²) in [4.78, 5) is 33.8. The summed E-state index contributed by atoms with van der Waals surface area (Å²) >= 11 is 0. The zero-order chi connectivity index (χ0) is 23.7. The summed E-state index contributed by atoms with van der Waals surface area (Å²) in [6.45, 7) is 6.01. The highest BCUT2D eigenvalue weighted by Gasteiger charge is 2.36. The number of nitrogens with zero attached hydrogens (tertiary/aromatic N) is 3. The van der Waals surface area contributed by atoms with Crippen LogP contribution in [0.2, 0.25) is 0 Å². The molecule has 1 saturated carbocycles. The van der Waals surface area contributed by atoms with E-state index in [0.717, 1.165) is 24.3 Å². The Hall–Kier alpha value is -3.29. The van der Waals surface area contributed by atoms with Crippen molar-refractivity contribution in [1.29, 1.82) is 0 Å². The molecule has 2 aromatic rings. The maximum atomic E-state index is 12.6. The van der Waals surface area contributed by atoms with Gasteiger partial charge >= 0.3 is 0 Å². The summed E-state index contributed by atoms with van der Waals surface area (Å²) in [5.74, 6) is 1.93. The first-order chi connectivity index (χ1) is 15.8. The van der Waals surface area contributed by atoms with Crippen molar-refractivity contribution in [2.45, 2.75) is 64.6 Å². The van der Waals surface area contributed by atoms with E-state index in [1.165, 1.54) is 12.8 Å². The van der Waals surface area contributed by atoms with Crippen LogP contribution in [0.5, 0.6) is 5.75 Å². The number of fused-ring (bicyclic) bond motifs is 1. The van der Waals surface area contributed by atoms with Crippen molar-refractivity contribution in [2.75, 3.05) is 29.3 Å². The molecule has 8 heteroatoms. The molecule has 2 aliphatic rings. The van der Waals surface area contributed by atoms with E-state index in [-0.39, 0.29) is 29.9 Å². The monoisotopic (exact) mass is 451 g/mol. The van der Waals surface area contributed by atoms with Gasteiger partial charge in [-0.2, -0.15) is 0 Å². The number of hydrogen-bond donors (Lipinski definition) is 2. The Labute approximate surface area is 195 Å². The van der Waals surface area contributed by atoms with Crippen molar-refractivity contribution < 1.29 is 14.3 Å². The van der Waals surface area contributed by atoms with Crippen LogP contribution < -0.4 is 25.2 Å². The lowest BCUT2D eigenvalue weighted by Crippen LogP contribution is -2.53. The molecule has 1 aliphatic heterocycles. The predicted octanol–water partition coefficient (Wildman–Crippen LogP) is 4.09. The summed E-state index contributed by atoms with van der Waals surface area (Å²) < 4.78 is 5.56. The fourth-order valence-electron chi connectivity index (χ4n) is 4.77. The van der Waals surface area contributed by atoms with Gasteiger partial charge in [-0.3, -0.25) is 9.59 Å². The van der Waals surface area contributed by atoms with Crippen LogP contribution in [0.1, 0.15) is 56.8 Å². The van der Waals surface area contributed by atoms with Gasteiger partial charge in [0.1, 0.15) is 17.6 Å². The number of rotatable bonds is 6. The summed E-state index contributed by atoms with van der Waals surface area (Å²) in [6, 6.07) is 9.21. The van der Waals surface area contributed by atoms with Crippen LogP contribution in [-0.4, -0.2) is 49.1 Å². The van der Waals surface area contributed by atoms with Crippen LogP contribution in [0.4, 0.5) is 23.0 Å². The first kappa shape index (κ1) is 22.9. The predicted molar refractivity (Wildman–Crippen MR) is 131 cm³/mol. The van der Waals surface area contributed by atoms with E-state index >= 15 is 0 Å². The van der Waals surface area contributed by atoms with Gasteiger partial charge in [0.05, 0.1) is 18.5 Å². The summed E-state index contributed by atoms with van der Waals surface area (Å²) in [5, 5.41) is 6.43. The minimum atomic E-state index is -0.294. The number of carbonyl (C=O) groups is 2. The van der Waals surface area contributed by atoms with E-state index in [9.17, 15) is 9.59 Å². The van der Waals surface area contributed by atoms with Crippen LogP contribution in [0, 0.1) is 0 Å². The number of methoxy groups -OCH3 is 1. The quantitative estimate of drug-likeness (QED) is 0.688. The molecule has 1 fully saturated rings. The molecular weight excluding hydrogens is 418 g/mol. The highest BCUT2D eigenvalue weighted by molar-refractivity contribution is 6.04. The highest BCUT2D eigenvalue weighted by atomic mass is 16.5. The average molecular weight is 452 g/mol. The highest BCUT2D eigenvalue weighted by Crippen LogP contribution is 2.37. The topological polar surface area (TPSA) is 86.8 Å². The number of pyridine rings is 1. The number of ether oxygens (including phenoxy) is 1. The molecule has 1 aromatic carbocycles. The van der Waals surface area contributed by atoms with Crippen LogP contribution in [0.25, 0.3) is 0 Å². The zero-order valence-corrected chi connectivity index (χ0v) is 20.0. The zero-order valence-electron chi connectivity index (χ0n) is 20.0. The van der Waals surface area contributed by atoms with Gasteiger partial charge in [0.15, 0.2) is 5.82 Å². The third-order valence-corrected chi connectivity index (χ3v) is 6.54. The van der Waals surface area contributed by atoms with Gasteiger partial charge in [-0.25, -0.2) is 4.98 Å². The fourth-order valence-corrected chi connectivity index (χ4v) is 4.77. The molecule has 0 bridgehead atoms. The van der Waals surface area contributed by atoms with Crippen LogP contribution >= 0.6 is 0 Å². The molecule has 8 nitrogen and oxygen atoms in total. The lowest BCUT2D eigenvalue weighted by atomic mass is 10.1. The maximum absolute atomic E-state index is 12.6. The number of carbonyl (C=O) groups excluding carboxylic acids is 2. The third-order valence-electron chi connectivity index (χ3n) is 6.54. The molecule has 1 atom stereocenters. The van der Waals surface area contributed by atoms with Crippen molar-refractivity contribution >= 4 is 34.8 Å². The Morgan fingerprint density at radius 3 is 2.58 bits per heavy atom. The molecule has 1 aromatic heterocycles. The van der Waals surface area contributed by atoms with Crippen LogP contribution in [0.15, 0.2) is 30.3 Å². The molecule has 0 radical (unpaired) electrons. The molecule has 33 heavy (non-hydrogen) atoms. The van der Waals surface area contributed by atoms with E-state index in [4.69, 9.17) is 9.72 Å². The summed E-state index contributed by atoms with van der Waals surface area (Å²) in [5.41, 5.74) is 2.07. The minimum absolute atomic E-state index is 0.0480. The molecule has 2 N–H and O–H groups in total. The second-order valence-corrected chi connectivity index (χ2v) is 9.11. The number of benzene rings is 1. The van der Waals surface area contributed by atoms with E-state index in [1.807, 2.05) is 30.0 Å². The van der Waals surface area contributed by atoms with Gasteiger partial charge in [0.2, 0.25) is 5.91 Å². The number of likely N-dealkylation sites (N-methyl/N-ethyl adjacent to an activating group) is 1. The average Bonchev–Trinajstić information content (AvgIpc) is 3.30. The summed E-state index contributed by atoms with van der Waals surface area (Å²) in [6.07, 6.45) is 4.42. The van der Waals surface area contributed by atoms with Crippen molar-refractivity contribution in [1.82, 2.24) is 10.3 Å². The SMILES string of the molecule is COc1cc(C(=O)NC2CCCC2)ccc1Nc1ccc2c(n1)N(C(C)C)[C@H](C)C(=O)N2C. The van der Waals surface area contributed by atoms with Crippen molar-refractivity contribution in [2.24, 2.45) is 0 Å². The lowest BCUT2D eigenvalue weighted by Gasteiger charge is -2.41. The molecule has 4 rings (SSSR count). The Kier molecular flexibility index (Phi) is 6.44. The van der Waals surface area contributed by atoms with Gasteiger partial charge in [0.25, 0.3) is 5.91 Å². The first-order valence-electron chi connectivity index (χ1n) is 11.6. The normalized spacial score (nSPS) is 18.5. The Morgan fingerprint density at radius 1 is 1.18 bits per heavy atom. The Bertz CT molecular complexity index is 1050. The fraction of sp³-hybridized carbons (Fsp3) is 0.480. The first-order valence-corrected chi connectivity index (χ1v) is 11.6. The molecule has 0 saturated heterocycles. The minimum Gasteiger partial charge on any atom is -0.495 e.